The quantitative estimate of drug-likeness (QED) is 0.675. The zero-order valence-electron chi connectivity index (χ0n) is 9.82. The summed E-state index contributed by atoms with van der Waals surface area (Å²) in [6, 6.07) is -0.0981. The van der Waals surface area contributed by atoms with Gasteiger partial charge in [0.1, 0.15) is 6.61 Å². The highest BCUT2D eigenvalue weighted by Crippen LogP contribution is 2.22. The fourth-order valence-corrected chi connectivity index (χ4v) is 1.59. The summed E-state index contributed by atoms with van der Waals surface area (Å²) in [6.07, 6.45) is 0.256. The van der Waals surface area contributed by atoms with E-state index < -0.39 is 6.09 Å². The van der Waals surface area contributed by atoms with Crippen LogP contribution in [0.3, 0.4) is 0 Å². The number of carbonyl (C=O) groups excluding carboxylic acids is 2. The maximum absolute atomic E-state index is 11.9. The second-order valence-corrected chi connectivity index (χ2v) is 4.41. The van der Waals surface area contributed by atoms with Crippen LogP contribution in [-0.2, 0) is 9.53 Å². The average Bonchev–Trinajstić information content (AvgIpc) is 2.58. The third-order valence-corrected chi connectivity index (χ3v) is 2.95. The van der Waals surface area contributed by atoms with Gasteiger partial charge in [0.05, 0.1) is 6.04 Å². The second-order valence-electron chi connectivity index (χ2n) is 4.41. The summed E-state index contributed by atoms with van der Waals surface area (Å²) in [7, 11) is 0. The Hall–Kier alpha value is -1.06. The van der Waals surface area contributed by atoms with Gasteiger partial charge in [-0.15, -0.1) is 0 Å². The van der Waals surface area contributed by atoms with Crippen molar-refractivity contribution < 1.29 is 14.3 Å². The van der Waals surface area contributed by atoms with E-state index >= 15 is 0 Å². The third kappa shape index (κ3) is 2.30. The van der Waals surface area contributed by atoms with Crippen molar-refractivity contribution in [1.29, 1.82) is 0 Å². The van der Waals surface area contributed by atoms with Crippen molar-refractivity contribution in [3.05, 3.63) is 0 Å². The van der Waals surface area contributed by atoms with E-state index in [0.717, 1.165) is 6.42 Å². The molecule has 1 aliphatic rings. The van der Waals surface area contributed by atoms with Gasteiger partial charge in [-0.2, -0.15) is 0 Å². The SMILES string of the molecule is CC[C@H]([13CH3])C(=O)N1C(=O)OC[C@@H]1C(C)C. The summed E-state index contributed by atoms with van der Waals surface area (Å²) >= 11 is 0. The Balaban J connectivity index is 2.80. The summed E-state index contributed by atoms with van der Waals surface area (Å²) in [5, 5.41) is 0. The smallest absolute Gasteiger partial charge is 0.416 e. The molecule has 1 rings (SSSR count). The van der Waals surface area contributed by atoms with Crippen molar-refractivity contribution in [1.82, 2.24) is 4.90 Å². The van der Waals surface area contributed by atoms with Gasteiger partial charge in [-0.25, -0.2) is 9.69 Å². The van der Waals surface area contributed by atoms with E-state index in [0.29, 0.717) is 6.61 Å². The molecule has 2 amide bonds. The van der Waals surface area contributed by atoms with E-state index in [1.54, 1.807) is 0 Å². The zero-order valence-corrected chi connectivity index (χ0v) is 9.82. The van der Waals surface area contributed by atoms with E-state index in [1.165, 1.54) is 4.90 Å². The monoisotopic (exact) mass is 214 g/mol. The molecule has 86 valence electrons. The van der Waals surface area contributed by atoms with Crippen molar-refractivity contribution in [3.63, 3.8) is 0 Å². The van der Waals surface area contributed by atoms with Crippen molar-refractivity contribution in [3.8, 4) is 0 Å². The number of ether oxygens (including phenoxy) is 1. The minimum absolute atomic E-state index is 0.0981. The van der Waals surface area contributed by atoms with Gasteiger partial charge in [-0.1, -0.05) is 27.7 Å². The minimum Gasteiger partial charge on any atom is -0.447 e. The first kappa shape index (κ1) is 12.0. The second kappa shape index (κ2) is 4.64. The lowest BCUT2D eigenvalue weighted by molar-refractivity contribution is -0.133. The molecule has 0 spiro atoms. The molecule has 0 saturated carbocycles. The van der Waals surface area contributed by atoms with Crippen LogP contribution in [0.1, 0.15) is 34.1 Å². The highest BCUT2D eigenvalue weighted by Gasteiger charge is 2.40. The predicted molar refractivity (Wildman–Crippen MR) is 56.3 cm³/mol. The number of amides is 2. The number of imide groups is 1. The van der Waals surface area contributed by atoms with Crippen molar-refractivity contribution in [2.24, 2.45) is 11.8 Å². The van der Waals surface area contributed by atoms with E-state index in [4.69, 9.17) is 4.74 Å². The number of nitrogens with zero attached hydrogens (tertiary/aromatic N) is 1. The van der Waals surface area contributed by atoms with Gasteiger partial charge >= 0.3 is 6.09 Å². The molecule has 1 fully saturated rings. The van der Waals surface area contributed by atoms with Crippen molar-refractivity contribution in [2.75, 3.05) is 6.61 Å². The van der Waals surface area contributed by atoms with Crippen molar-refractivity contribution in [2.45, 2.75) is 40.2 Å². The van der Waals surface area contributed by atoms with Gasteiger partial charge in [0.15, 0.2) is 0 Å². The molecule has 1 saturated heterocycles. The van der Waals surface area contributed by atoms with Crippen LogP contribution < -0.4 is 0 Å². The fourth-order valence-electron chi connectivity index (χ4n) is 1.59. The summed E-state index contributed by atoms with van der Waals surface area (Å²) in [6.45, 7) is 8.09. The Morgan fingerprint density at radius 2 is 2.13 bits per heavy atom. The average molecular weight is 214 g/mol. The molecule has 15 heavy (non-hydrogen) atoms. The molecular weight excluding hydrogens is 195 g/mol. The maximum atomic E-state index is 11.9. The molecule has 0 aromatic carbocycles. The molecule has 1 heterocycles. The molecular formula is C11H19NO3. The minimum atomic E-state index is -0.487. The normalized spacial score (nSPS) is 23.1. The molecule has 4 nitrogen and oxygen atoms in total. The summed E-state index contributed by atoms with van der Waals surface area (Å²) in [5.74, 6) is 0.0139. The molecule has 2 atom stereocenters. The molecule has 0 N–H and O–H groups in total. The first-order chi connectivity index (χ1) is 6.99. The number of hydrogen-bond donors (Lipinski definition) is 0. The van der Waals surface area contributed by atoms with E-state index in [1.807, 2.05) is 27.7 Å². The van der Waals surface area contributed by atoms with Crippen LogP contribution in [0.2, 0.25) is 0 Å². The van der Waals surface area contributed by atoms with Gasteiger partial charge in [0.2, 0.25) is 5.91 Å². The number of carbonyl (C=O) groups is 2. The standard InChI is InChI=1S/C11H19NO3/c1-5-8(4)10(13)12-9(7(2)3)6-15-11(12)14/h7-9H,5-6H2,1-4H3/t8-,9+/m0/s1/i4+1. The highest BCUT2D eigenvalue weighted by molar-refractivity contribution is 5.94. The molecule has 0 aliphatic carbocycles. The highest BCUT2D eigenvalue weighted by atomic mass is 16.6. The molecule has 4 heteroatoms. The topological polar surface area (TPSA) is 46.6 Å². The molecule has 0 radical (unpaired) electrons. The largest absolute Gasteiger partial charge is 0.447 e. The van der Waals surface area contributed by atoms with E-state index in [9.17, 15) is 9.59 Å². The Morgan fingerprint density at radius 1 is 1.53 bits per heavy atom. The van der Waals surface area contributed by atoms with E-state index in [2.05, 4.69) is 0 Å². The predicted octanol–water partition coefficient (Wildman–Crippen LogP) is 2.04. The first-order valence-corrected chi connectivity index (χ1v) is 5.48. The van der Waals surface area contributed by atoms with Gasteiger partial charge in [-0.3, -0.25) is 4.79 Å². The lowest BCUT2D eigenvalue weighted by Gasteiger charge is -2.24. The molecule has 0 aromatic rings. The van der Waals surface area contributed by atoms with Crippen LogP contribution in [0.25, 0.3) is 0 Å². The van der Waals surface area contributed by atoms with Gasteiger partial charge < -0.3 is 4.74 Å². The Labute approximate surface area is 90.6 Å². The summed E-state index contributed by atoms with van der Waals surface area (Å²) in [4.78, 5) is 24.7. The lowest BCUT2D eigenvalue weighted by atomic mass is 10.0. The van der Waals surface area contributed by atoms with Crippen LogP contribution in [0.5, 0.6) is 0 Å². The Kier molecular flexibility index (Phi) is 3.72. The van der Waals surface area contributed by atoms with Gasteiger partial charge in [0.25, 0.3) is 0 Å². The molecule has 0 unspecified atom stereocenters. The molecule has 0 bridgehead atoms. The van der Waals surface area contributed by atoms with Crippen LogP contribution in [0, 0.1) is 11.8 Å². The Bertz CT molecular complexity index is 263. The molecule has 0 aromatic heterocycles. The van der Waals surface area contributed by atoms with Gasteiger partial charge in [-0.05, 0) is 12.3 Å². The van der Waals surface area contributed by atoms with E-state index in [-0.39, 0.29) is 23.8 Å². The first-order valence-electron chi connectivity index (χ1n) is 5.48. The zero-order chi connectivity index (χ0) is 11.6. The van der Waals surface area contributed by atoms with Crippen LogP contribution in [0.4, 0.5) is 4.79 Å². The fraction of sp³-hybridized carbons (Fsp3) is 0.818. The number of rotatable bonds is 3. The molecule has 1 aliphatic heterocycles. The van der Waals surface area contributed by atoms with Crippen LogP contribution in [-0.4, -0.2) is 29.5 Å². The van der Waals surface area contributed by atoms with Crippen LogP contribution >= 0.6 is 0 Å². The van der Waals surface area contributed by atoms with Gasteiger partial charge in [0, 0.05) is 5.92 Å². The van der Waals surface area contributed by atoms with Crippen LogP contribution in [0.15, 0.2) is 0 Å². The number of hydrogen-bond acceptors (Lipinski definition) is 3. The summed E-state index contributed by atoms with van der Waals surface area (Å²) in [5.41, 5.74) is 0. The maximum Gasteiger partial charge on any atom is 0.416 e. The summed E-state index contributed by atoms with van der Waals surface area (Å²) < 4.78 is 4.92. The number of cyclic esters (lactones) is 1. The lowest BCUT2D eigenvalue weighted by Crippen LogP contribution is -2.44. The van der Waals surface area contributed by atoms with Crippen molar-refractivity contribution >= 4 is 12.0 Å². The Morgan fingerprint density at radius 3 is 2.60 bits per heavy atom. The third-order valence-electron chi connectivity index (χ3n) is 2.95.